The molecule has 0 spiro atoms. The van der Waals surface area contributed by atoms with Crippen LogP contribution in [0.1, 0.15) is 20.8 Å². The van der Waals surface area contributed by atoms with Gasteiger partial charge < -0.3 is 10.2 Å². The zero-order valence-electron chi connectivity index (χ0n) is 9.00. The lowest BCUT2D eigenvalue weighted by molar-refractivity contribution is -0.134. The molecule has 0 bridgehead atoms. The molecule has 0 aromatic heterocycles. The van der Waals surface area contributed by atoms with Gasteiger partial charge in [-0.15, -0.1) is 11.6 Å². The highest BCUT2D eigenvalue weighted by atomic mass is 35.5. The molecule has 0 aromatic carbocycles. The van der Waals surface area contributed by atoms with Crippen LogP contribution in [0.5, 0.6) is 0 Å². The van der Waals surface area contributed by atoms with Gasteiger partial charge in [-0.25, -0.2) is 0 Å². The predicted molar refractivity (Wildman–Crippen MR) is 56.2 cm³/mol. The van der Waals surface area contributed by atoms with Gasteiger partial charge >= 0.3 is 0 Å². The summed E-state index contributed by atoms with van der Waals surface area (Å²) < 4.78 is 0. The van der Waals surface area contributed by atoms with Crippen LogP contribution in [-0.2, 0) is 9.59 Å². The van der Waals surface area contributed by atoms with E-state index in [1.807, 2.05) is 13.8 Å². The molecule has 4 nitrogen and oxygen atoms in total. The molecule has 0 heterocycles. The number of amides is 2. The summed E-state index contributed by atoms with van der Waals surface area (Å²) >= 11 is 5.59. The van der Waals surface area contributed by atoms with Gasteiger partial charge in [0.25, 0.3) is 0 Å². The predicted octanol–water partition coefficient (Wildman–Crippen LogP) is 0.597. The summed E-state index contributed by atoms with van der Waals surface area (Å²) in [4.78, 5) is 23.8. The maximum absolute atomic E-state index is 11.3. The van der Waals surface area contributed by atoms with Crippen molar-refractivity contribution in [3.05, 3.63) is 0 Å². The third-order valence-corrected chi connectivity index (χ3v) is 1.73. The maximum atomic E-state index is 11.3. The SMILES string of the molecule is CC(C)NC(=O)CN(C)C(=O)C(C)Cl. The highest BCUT2D eigenvalue weighted by Gasteiger charge is 2.17. The molecule has 5 heteroatoms. The summed E-state index contributed by atoms with van der Waals surface area (Å²) in [5.74, 6) is -0.418. The van der Waals surface area contributed by atoms with E-state index >= 15 is 0 Å². The minimum absolute atomic E-state index is 0.0497. The summed E-state index contributed by atoms with van der Waals surface area (Å²) in [5.41, 5.74) is 0. The maximum Gasteiger partial charge on any atom is 0.240 e. The van der Waals surface area contributed by atoms with Gasteiger partial charge in [-0.05, 0) is 20.8 Å². The zero-order valence-corrected chi connectivity index (χ0v) is 9.76. The molecule has 14 heavy (non-hydrogen) atoms. The fourth-order valence-corrected chi connectivity index (χ4v) is 1.13. The minimum atomic E-state index is -0.591. The Kier molecular flexibility index (Phi) is 5.53. The molecule has 82 valence electrons. The molecule has 0 fully saturated rings. The van der Waals surface area contributed by atoms with E-state index in [2.05, 4.69) is 5.32 Å². The topological polar surface area (TPSA) is 49.4 Å². The van der Waals surface area contributed by atoms with Crippen molar-refractivity contribution in [2.45, 2.75) is 32.2 Å². The molecule has 0 aliphatic heterocycles. The number of carbonyl (C=O) groups excluding carboxylic acids is 2. The molecular formula is C9H17ClN2O2. The van der Waals surface area contributed by atoms with Crippen molar-refractivity contribution < 1.29 is 9.59 Å². The molecule has 0 radical (unpaired) electrons. The summed E-state index contributed by atoms with van der Waals surface area (Å²) in [5, 5.41) is 2.10. The van der Waals surface area contributed by atoms with E-state index in [1.165, 1.54) is 4.90 Å². The first-order valence-electron chi connectivity index (χ1n) is 4.53. The van der Waals surface area contributed by atoms with Crippen molar-refractivity contribution in [2.75, 3.05) is 13.6 Å². The van der Waals surface area contributed by atoms with Gasteiger partial charge in [0, 0.05) is 13.1 Å². The number of carbonyl (C=O) groups is 2. The molecule has 1 unspecified atom stereocenters. The lowest BCUT2D eigenvalue weighted by Crippen LogP contribution is -2.42. The van der Waals surface area contributed by atoms with Gasteiger partial charge in [-0.1, -0.05) is 0 Å². The molecule has 0 aromatic rings. The van der Waals surface area contributed by atoms with Crippen LogP contribution in [0.2, 0.25) is 0 Å². The van der Waals surface area contributed by atoms with E-state index in [-0.39, 0.29) is 24.4 Å². The van der Waals surface area contributed by atoms with E-state index in [1.54, 1.807) is 14.0 Å². The average molecular weight is 221 g/mol. The lowest BCUT2D eigenvalue weighted by Gasteiger charge is -2.18. The standard InChI is InChI=1S/C9H17ClN2O2/c1-6(2)11-8(13)5-12(4)9(14)7(3)10/h6-7H,5H2,1-4H3,(H,11,13). The lowest BCUT2D eigenvalue weighted by atomic mass is 10.3. The highest BCUT2D eigenvalue weighted by molar-refractivity contribution is 6.30. The second kappa shape index (κ2) is 5.86. The van der Waals surface area contributed by atoms with E-state index in [9.17, 15) is 9.59 Å². The van der Waals surface area contributed by atoms with Crippen molar-refractivity contribution in [3.8, 4) is 0 Å². The number of rotatable bonds is 4. The van der Waals surface area contributed by atoms with Gasteiger partial charge in [-0.3, -0.25) is 9.59 Å². The summed E-state index contributed by atoms with van der Waals surface area (Å²) in [6.07, 6.45) is 0. The van der Waals surface area contributed by atoms with Crippen LogP contribution in [-0.4, -0.2) is 41.7 Å². The Morgan fingerprint density at radius 3 is 2.21 bits per heavy atom. The first-order valence-corrected chi connectivity index (χ1v) is 4.96. The van der Waals surface area contributed by atoms with Crippen LogP contribution in [0, 0.1) is 0 Å². The number of halogens is 1. The van der Waals surface area contributed by atoms with Gasteiger partial charge in [0.2, 0.25) is 11.8 Å². The highest BCUT2D eigenvalue weighted by Crippen LogP contribution is 1.98. The normalized spacial score (nSPS) is 12.4. The number of hydrogen-bond acceptors (Lipinski definition) is 2. The number of hydrogen-bond donors (Lipinski definition) is 1. The van der Waals surface area contributed by atoms with Crippen LogP contribution < -0.4 is 5.32 Å². The van der Waals surface area contributed by atoms with Crippen molar-refractivity contribution in [1.29, 1.82) is 0 Å². The molecule has 2 amide bonds. The Balaban J connectivity index is 4.00. The third kappa shape index (κ3) is 5.07. The van der Waals surface area contributed by atoms with Crippen LogP contribution >= 0.6 is 11.6 Å². The van der Waals surface area contributed by atoms with Crippen molar-refractivity contribution >= 4 is 23.4 Å². The molecule has 1 atom stereocenters. The van der Waals surface area contributed by atoms with E-state index in [0.717, 1.165) is 0 Å². The van der Waals surface area contributed by atoms with Gasteiger partial charge in [0.05, 0.1) is 6.54 Å². The fraction of sp³-hybridized carbons (Fsp3) is 0.778. The Morgan fingerprint density at radius 2 is 1.86 bits per heavy atom. The average Bonchev–Trinajstić information content (AvgIpc) is 2.00. The number of nitrogens with zero attached hydrogens (tertiary/aromatic N) is 1. The van der Waals surface area contributed by atoms with Gasteiger partial charge in [0.1, 0.15) is 5.38 Å². The van der Waals surface area contributed by atoms with E-state index < -0.39 is 5.38 Å². The monoisotopic (exact) mass is 220 g/mol. The molecule has 0 aliphatic rings. The van der Waals surface area contributed by atoms with Gasteiger partial charge in [-0.2, -0.15) is 0 Å². The smallest absolute Gasteiger partial charge is 0.240 e. The van der Waals surface area contributed by atoms with Crippen molar-refractivity contribution in [3.63, 3.8) is 0 Å². The molecular weight excluding hydrogens is 204 g/mol. The van der Waals surface area contributed by atoms with Crippen LogP contribution in [0.15, 0.2) is 0 Å². The minimum Gasteiger partial charge on any atom is -0.352 e. The fourth-order valence-electron chi connectivity index (χ4n) is 0.965. The first kappa shape index (κ1) is 13.2. The van der Waals surface area contributed by atoms with E-state index in [4.69, 9.17) is 11.6 Å². The first-order chi connectivity index (χ1) is 6.34. The molecule has 0 rings (SSSR count). The number of alkyl halides is 1. The Morgan fingerprint density at radius 1 is 1.36 bits per heavy atom. The second-order valence-corrected chi connectivity index (χ2v) is 4.19. The molecule has 1 N–H and O–H groups in total. The second-order valence-electron chi connectivity index (χ2n) is 3.53. The van der Waals surface area contributed by atoms with Gasteiger partial charge in [0.15, 0.2) is 0 Å². The van der Waals surface area contributed by atoms with Crippen LogP contribution in [0.3, 0.4) is 0 Å². The summed E-state index contributed by atoms with van der Waals surface area (Å²) in [7, 11) is 1.56. The van der Waals surface area contributed by atoms with Crippen molar-refractivity contribution in [2.24, 2.45) is 0 Å². The van der Waals surface area contributed by atoms with Crippen molar-refractivity contribution in [1.82, 2.24) is 10.2 Å². The van der Waals surface area contributed by atoms with Crippen LogP contribution in [0.4, 0.5) is 0 Å². The summed E-state index contributed by atoms with van der Waals surface area (Å²) in [6.45, 7) is 5.36. The molecule has 0 aliphatic carbocycles. The molecule has 0 saturated heterocycles. The quantitative estimate of drug-likeness (QED) is 0.706. The molecule has 0 saturated carbocycles. The largest absolute Gasteiger partial charge is 0.352 e. The Bertz CT molecular complexity index is 217. The Hall–Kier alpha value is -0.770. The number of nitrogens with one attached hydrogen (secondary N) is 1. The van der Waals surface area contributed by atoms with Crippen LogP contribution in [0.25, 0.3) is 0 Å². The van der Waals surface area contributed by atoms with E-state index in [0.29, 0.717) is 0 Å². The summed E-state index contributed by atoms with van der Waals surface area (Å²) in [6, 6.07) is 0.0828. The zero-order chi connectivity index (χ0) is 11.3. The number of likely N-dealkylation sites (N-methyl/N-ethyl adjacent to an activating group) is 1. The Labute approximate surface area is 89.6 Å². The third-order valence-electron chi connectivity index (χ3n) is 1.55.